The third kappa shape index (κ3) is 9.55. The first-order valence-electron chi connectivity index (χ1n) is 8.92. The monoisotopic (exact) mass is 438 g/mol. The normalized spacial score (nSPS) is 12.7. The van der Waals surface area contributed by atoms with E-state index in [0.29, 0.717) is 0 Å². The zero-order valence-corrected chi connectivity index (χ0v) is 18.1. The number of carbonyl (C=O) groups is 2. The summed E-state index contributed by atoms with van der Waals surface area (Å²) in [5, 5.41) is 9.66. The van der Waals surface area contributed by atoms with Gasteiger partial charge in [0.25, 0.3) is 0 Å². The Hall–Kier alpha value is -0.301. The molecular formula is C17H34O5Sn. The number of aliphatic hydroxyl groups excluding tert-OH is 1. The van der Waals surface area contributed by atoms with Crippen molar-refractivity contribution in [3.8, 4) is 0 Å². The van der Waals surface area contributed by atoms with Gasteiger partial charge in [0.05, 0.1) is 0 Å². The van der Waals surface area contributed by atoms with Crippen molar-refractivity contribution in [2.24, 2.45) is 0 Å². The molecule has 0 heterocycles. The molecule has 0 spiro atoms. The average molecular weight is 437 g/mol. The van der Waals surface area contributed by atoms with E-state index in [1.165, 1.54) is 7.11 Å². The quantitative estimate of drug-likeness (QED) is 0.351. The summed E-state index contributed by atoms with van der Waals surface area (Å²) >= 11 is -3.01. The summed E-state index contributed by atoms with van der Waals surface area (Å²) < 4.78 is 13.6. The van der Waals surface area contributed by atoms with Crippen molar-refractivity contribution in [3.05, 3.63) is 0 Å². The van der Waals surface area contributed by atoms with E-state index in [1.807, 2.05) is 0 Å². The van der Waals surface area contributed by atoms with Gasteiger partial charge < -0.3 is 0 Å². The van der Waals surface area contributed by atoms with E-state index in [1.54, 1.807) is 0 Å². The fourth-order valence-electron chi connectivity index (χ4n) is 2.69. The van der Waals surface area contributed by atoms with Gasteiger partial charge in [0.15, 0.2) is 0 Å². The first-order chi connectivity index (χ1) is 10.9. The molecule has 0 aromatic heterocycles. The van der Waals surface area contributed by atoms with E-state index < -0.39 is 36.8 Å². The van der Waals surface area contributed by atoms with E-state index in [9.17, 15) is 14.7 Å². The molecule has 0 fully saturated rings. The number of aliphatic hydroxyl groups is 1. The maximum absolute atomic E-state index is 12.2. The average Bonchev–Trinajstić information content (AvgIpc) is 2.55. The molecular weight excluding hydrogens is 403 g/mol. The van der Waals surface area contributed by atoms with Crippen LogP contribution in [0.1, 0.15) is 65.7 Å². The number of esters is 1. The summed E-state index contributed by atoms with van der Waals surface area (Å²) in [5.74, 6) is -1.21. The fraction of sp³-hybridized carbons (Fsp3) is 0.882. The van der Waals surface area contributed by atoms with Crippen LogP contribution in [0.2, 0.25) is 13.3 Å². The molecule has 23 heavy (non-hydrogen) atoms. The minimum absolute atomic E-state index is 0.296. The third-order valence-corrected chi connectivity index (χ3v) is 16.8. The van der Waals surface area contributed by atoms with Crippen molar-refractivity contribution in [1.82, 2.24) is 0 Å². The number of carbonyl (C=O) groups excluding carboxylic acids is 2. The van der Waals surface area contributed by atoms with Crippen molar-refractivity contribution < 1.29 is 22.5 Å². The topological polar surface area (TPSA) is 72.8 Å². The summed E-state index contributed by atoms with van der Waals surface area (Å²) in [6.07, 6.45) is 4.86. The molecule has 136 valence electrons. The number of unbranched alkanes of at least 4 members (excludes halogenated alkanes) is 3. The molecule has 0 aliphatic carbocycles. The molecule has 0 bridgehead atoms. The van der Waals surface area contributed by atoms with Crippen molar-refractivity contribution in [2.45, 2.75) is 85.1 Å². The first kappa shape index (κ1) is 22.7. The van der Waals surface area contributed by atoms with Gasteiger partial charge in [-0.05, 0) is 0 Å². The number of methoxy groups -OCH3 is 1. The predicted molar refractivity (Wildman–Crippen MR) is 93.6 cm³/mol. The molecule has 0 aromatic carbocycles. The second kappa shape index (κ2) is 13.0. The Morgan fingerprint density at radius 1 is 0.957 bits per heavy atom. The maximum atomic E-state index is 12.2. The van der Waals surface area contributed by atoms with Gasteiger partial charge in [-0.3, -0.25) is 0 Å². The molecule has 5 nitrogen and oxygen atoms in total. The minimum atomic E-state index is -3.01. The number of rotatable bonds is 13. The van der Waals surface area contributed by atoms with Gasteiger partial charge in [-0.2, -0.15) is 0 Å². The number of ether oxygens (including phenoxy) is 1. The van der Waals surface area contributed by atoms with Crippen LogP contribution in [-0.4, -0.2) is 49.0 Å². The van der Waals surface area contributed by atoms with Crippen LogP contribution in [0, 0.1) is 0 Å². The number of hydrogen-bond acceptors (Lipinski definition) is 5. The van der Waals surface area contributed by atoms with Gasteiger partial charge >= 0.3 is 145 Å². The van der Waals surface area contributed by atoms with Crippen LogP contribution in [0.25, 0.3) is 0 Å². The molecule has 0 rings (SSSR count). The zero-order valence-electron chi connectivity index (χ0n) is 15.2. The molecule has 0 amide bonds. The Balaban J connectivity index is 4.91. The first-order valence-corrected chi connectivity index (χ1v) is 16.1. The van der Waals surface area contributed by atoms with E-state index in [0.717, 1.165) is 51.8 Å². The molecule has 1 unspecified atom stereocenters. The van der Waals surface area contributed by atoms with Crippen LogP contribution in [0.4, 0.5) is 0 Å². The summed E-state index contributed by atoms with van der Waals surface area (Å²) in [5.41, 5.74) is 0. The second-order valence-electron chi connectivity index (χ2n) is 6.21. The van der Waals surface area contributed by atoms with Crippen molar-refractivity contribution in [3.63, 3.8) is 0 Å². The predicted octanol–water partition coefficient (Wildman–Crippen LogP) is 3.80. The van der Waals surface area contributed by atoms with Gasteiger partial charge in [-0.15, -0.1) is 0 Å². The molecule has 0 aliphatic heterocycles. The van der Waals surface area contributed by atoms with Gasteiger partial charge in [0, 0.05) is 0 Å². The van der Waals surface area contributed by atoms with E-state index >= 15 is 0 Å². The van der Waals surface area contributed by atoms with Crippen LogP contribution in [0.15, 0.2) is 0 Å². The number of hydrogen-bond donors (Lipinski definition) is 1. The van der Waals surface area contributed by atoms with Gasteiger partial charge in [-0.25, -0.2) is 0 Å². The Labute approximate surface area is 145 Å². The SMILES string of the molecule is CCC[CH2][Sn]([CH2]CCC)([CH2]CCC)[O]C(=O)CC(O)C(=O)OC. The van der Waals surface area contributed by atoms with Crippen molar-refractivity contribution in [1.29, 1.82) is 0 Å². The van der Waals surface area contributed by atoms with Crippen molar-refractivity contribution in [2.75, 3.05) is 7.11 Å². The molecule has 6 heteroatoms. The summed E-state index contributed by atoms with van der Waals surface area (Å²) in [6, 6.07) is 0. The molecule has 0 aliphatic rings. The van der Waals surface area contributed by atoms with E-state index in [-0.39, 0.29) is 6.42 Å². The van der Waals surface area contributed by atoms with Gasteiger partial charge in [-0.1, -0.05) is 0 Å². The third-order valence-electron chi connectivity index (χ3n) is 4.12. The van der Waals surface area contributed by atoms with Gasteiger partial charge in [0.1, 0.15) is 0 Å². The molecule has 0 saturated carbocycles. The van der Waals surface area contributed by atoms with E-state index in [2.05, 4.69) is 25.5 Å². The van der Waals surface area contributed by atoms with Gasteiger partial charge in [0.2, 0.25) is 0 Å². The van der Waals surface area contributed by atoms with Crippen LogP contribution in [-0.2, 0) is 17.4 Å². The molecule has 0 radical (unpaired) electrons. The Kier molecular flexibility index (Phi) is 12.9. The van der Waals surface area contributed by atoms with Crippen LogP contribution >= 0.6 is 0 Å². The van der Waals surface area contributed by atoms with E-state index in [4.69, 9.17) is 3.07 Å². The molecule has 0 aromatic rings. The van der Waals surface area contributed by atoms with Crippen LogP contribution in [0.3, 0.4) is 0 Å². The fourth-order valence-corrected chi connectivity index (χ4v) is 15.9. The Morgan fingerprint density at radius 2 is 1.39 bits per heavy atom. The van der Waals surface area contributed by atoms with Crippen LogP contribution < -0.4 is 0 Å². The summed E-state index contributed by atoms with van der Waals surface area (Å²) in [4.78, 5) is 23.5. The summed E-state index contributed by atoms with van der Waals surface area (Å²) in [6.45, 7) is 6.46. The molecule has 0 saturated heterocycles. The van der Waals surface area contributed by atoms with Crippen LogP contribution in [0.5, 0.6) is 0 Å². The van der Waals surface area contributed by atoms with Crippen molar-refractivity contribution >= 4 is 30.7 Å². The Morgan fingerprint density at radius 3 is 1.74 bits per heavy atom. The zero-order chi connectivity index (χ0) is 17.7. The second-order valence-corrected chi connectivity index (χ2v) is 17.8. The summed E-state index contributed by atoms with van der Waals surface area (Å²) in [7, 11) is 1.20. The Bertz CT molecular complexity index is 324. The molecule has 1 atom stereocenters. The molecule has 1 N–H and O–H groups in total. The standard InChI is InChI=1S/C5H8O5.3C4H9.Sn/c1-10-5(9)3(6)2-4(7)8;3*1-3-4-2;/h3,6H,2H2,1H3,(H,7,8);3*1,3-4H2,2H3;/q;;;;+1/p-1.